The zero-order valence-corrected chi connectivity index (χ0v) is 13.5. The van der Waals surface area contributed by atoms with Gasteiger partial charge in [0.1, 0.15) is 0 Å². The van der Waals surface area contributed by atoms with Gasteiger partial charge in [0, 0.05) is 19.6 Å². The van der Waals surface area contributed by atoms with E-state index in [-0.39, 0.29) is 31.0 Å². The lowest BCUT2D eigenvalue weighted by Crippen LogP contribution is -2.42. The number of fused-ring (bicyclic) bond motifs is 1. The molecule has 1 aromatic carbocycles. The van der Waals surface area contributed by atoms with E-state index >= 15 is 0 Å². The van der Waals surface area contributed by atoms with Gasteiger partial charge < -0.3 is 15.3 Å². The first kappa shape index (κ1) is 17.6. The van der Waals surface area contributed by atoms with Crippen LogP contribution in [0.15, 0.2) is 12.1 Å². The maximum atomic E-state index is 13.6. The Kier molecular flexibility index (Phi) is 4.62. The van der Waals surface area contributed by atoms with Crippen LogP contribution in [0.2, 0.25) is 0 Å². The standard InChI is InChI=1S/C17H19F3N2O3/c18-12-4-3-10(13(19)14(12)20)5-7-21-16(25)22-8-11-2-1-6-17(11,9-22)15(23)24/h3-4,11H,1-2,5-9H2,(H,21,25)(H,23,24)/t11-,17+/m0/s1. The van der Waals surface area contributed by atoms with Crippen molar-refractivity contribution in [2.24, 2.45) is 11.3 Å². The molecule has 0 unspecified atom stereocenters. The minimum Gasteiger partial charge on any atom is -0.481 e. The second kappa shape index (κ2) is 6.57. The third kappa shape index (κ3) is 3.05. The average Bonchev–Trinajstić information content (AvgIpc) is 3.13. The van der Waals surface area contributed by atoms with E-state index in [1.165, 1.54) is 4.90 Å². The number of carboxylic acids is 1. The van der Waals surface area contributed by atoms with Crippen LogP contribution in [0.1, 0.15) is 24.8 Å². The van der Waals surface area contributed by atoms with Crippen LogP contribution < -0.4 is 5.32 Å². The average molecular weight is 356 g/mol. The number of carbonyl (C=O) groups is 2. The van der Waals surface area contributed by atoms with Crippen LogP contribution in [0.25, 0.3) is 0 Å². The van der Waals surface area contributed by atoms with Crippen LogP contribution in [0.5, 0.6) is 0 Å². The fourth-order valence-electron chi connectivity index (χ4n) is 3.97. The van der Waals surface area contributed by atoms with E-state index in [4.69, 9.17) is 0 Å². The summed E-state index contributed by atoms with van der Waals surface area (Å²) in [6.07, 6.45) is 2.21. The lowest BCUT2D eigenvalue weighted by atomic mass is 9.81. The van der Waals surface area contributed by atoms with E-state index in [0.717, 1.165) is 25.0 Å². The molecule has 136 valence electrons. The second-order valence-electron chi connectivity index (χ2n) is 6.75. The number of nitrogens with zero attached hydrogens (tertiary/aromatic N) is 1. The number of carbonyl (C=O) groups excluding carboxylic acids is 1. The molecule has 3 rings (SSSR count). The Balaban J connectivity index is 1.56. The first-order chi connectivity index (χ1) is 11.8. The highest BCUT2D eigenvalue weighted by Gasteiger charge is 2.55. The van der Waals surface area contributed by atoms with Crippen LogP contribution >= 0.6 is 0 Å². The normalized spacial score (nSPS) is 25.1. The molecular weight excluding hydrogens is 337 g/mol. The molecule has 25 heavy (non-hydrogen) atoms. The van der Waals surface area contributed by atoms with Gasteiger partial charge in [-0.25, -0.2) is 18.0 Å². The molecule has 1 aromatic rings. The Morgan fingerprint density at radius 1 is 1.28 bits per heavy atom. The number of hydrogen-bond acceptors (Lipinski definition) is 2. The number of likely N-dealkylation sites (tertiary alicyclic amines) is 1. The van der Waals surface area contributed by atoms with Gasteiger partial charge in [-0.3, -0.25) is 4.79 Å². The Labute approximate surface area is 142 Å². The minimum absolute atomic E-state index is 0.0100. The molecule has 2 N–H and O–H groups in total. The first-order valence-electron chi connectivity index (χ1n) is 8.23. The van der Waals surface area contributed by atoms with Crippen molar-refractivity contribution < 1.29 is 27.9 Å². The molecule has 1 aliphatic heterocycles. The lowest BCUT2D eigenvalue weighted by Gasteiger charge is -2.23. The van der Waals surface area contributed by atoms with Gasteiger partial charge >= 0.3 is 12.0 Å². The predicted molar refractivity (Wildman–Crippen MR) is 82.4 cm³/mol. The zero-order valence-electron chi connectivity index (χ0n) is 13.5. The van der Waals surface area contributed by atoms with Crippen molar-refractivity contribution in [3.63, 3.8) is 0 Å². The number of carboxylic acid groups (broad SMARTS) is 1. The van der Waals surface area contributed by atoms with Gasteiger partial charge in [0.05, 0.1) is 5.41 Å². The van der Waals surface area contributed by atoms with Gasteiger partial charge in [-0.15, -0.1) is 0 Å². The Morgan fingerprint density at radius 2 is 2.04 bits per heavy atom. The zero-order chi connectivity index (χ0) is 18.2. The molecule has 1 saturated heterocycles. The summed E-state index contributed by atoms with van der Waals surface area (Å²) >= 11 is 0. The van der Waals surface area contributed by atoms with E-state index in [0.29, 0.717) is 13.0 Å². The number of rotatable bonds is 4. The maximum Gasteiger partial charge on any atom is 0.317 e. The maximum absolute atomic E-state index is 13.6. The molecule has 1 aliphatic carbocycles. The number of benzene rings is 1. The predicted octanol–water partition coefficient (Wildman–Crippen LogP) is 2.54. The summed E-state index contributed by atoms with van der Waals surface area (Å²) in [6, 6.07) is 1.56. The van der Waals surface area contributed by atoms with Crippen LogP contribution in [0.3, 0.4) is 0 Å². The van der Waals surface area contributed by atoms with Crippen molar-refractivity contribution in [2.45, 2.75) is 25.7 Å². The number of halogens is 3. The molecule has 1 saturated carbocycles. The molecule has 2 aliphatic rings. The molecule has 0 radical (unpaired) electrons. The fourth-order valence-corrected chi connectivity index (χ4v) is 3.97. The highest BCUT2D eigenvalue weighted by Crippen LogP contribution is 2.48. The Bertz CT molecular complexity index is 713. The van der Waals surface area contributed by atoms with E-state index in [1.54, 1.807) is 0 Å². The second-order valence-corrected chi connectivity index (χ2v) is 6.75. The summed E-state index contributed by atoms with van der Waals surface area (Å²) in [7, 11) is 0. The number of urea groups is 1. The summed E-state index contributed by atoms with van der Waals surface area (Å²) in [5.41, 5.74) is -0.886. The number of amides is 2. The number of hydrogen-bond donors (Lipinski definition) is 2. The van der Waals surface area contributed by atoms with Gasteiger partial charge in [-0.2, -0.15) is 0 Å². The van der Waals surface area contributed by atoms with Crippen molar-refractivity contribution in [3.8, 4) is 0 Å². The summed E-state index contributed by atoms with van der Waals surface area (Å²) in [4.78, 5) is 25.3. The molecule has 0 aromatic heterocycles. The van der Waals surface area contributed by atoms with E-state index in [2.05, 4.69) is 5.32 Å². The molecule has 5 nitrogen and oxygen atoms in total. The monoisotopic (exact) mass is 356 g/mol. The Morgan fingerprint density at radius 3 is 2.72 bits per heavy atom. The van der Waals surface area contributed by atoms with Crippen LogP contribution in [-0.4, -0.2) is 41.6 Å². The van der Waals surface area contributed by atoms with E-state index < -0.39 is 34.9 Å². The summed E-state index contributed by atoms with van der Waals surface area (Å²) in [5, 5.41) is 12.1. The quantitative estimate of drug-likeness (QED) is 0.815. The van der Waals surface area contributed by atoms with Gasteiger partial charge in [-0.1, -0.05) is 12.5 Å². The number of aliphatic carboxylic acids is 1. The van der Waals surface area contributed by atoms with Crippen LogP contribution in [0, 0.1) is 28.8 Å². The summed E-state index contributed by atoms with van der Waals surface area (Å²) in [6.45, 7) is 0.595. The SMILES string of the molecule is O=C(NCCc1ccc(F)c(F)c1F)N1C[C@@H]2CCC[C@@]2(C(=O)O)C1. The third-order valence-electron chi connectivity index (χ3n) is 5.37. The number of nitrogens with one attached hydrogen (secondary N) is 1. The minimum atomic E-state index is -1.53. The third-order valence-corrected chi connectivity index (χ3v) is 5.37. The van der Waals surface area contributed by atoms with Gasteiger partial charge in [0.25, 0.3) is 0 Å². The fraction of sp³-hybridized carbons (Fsp3) is 0.529. The largest absolute Gasteiger partial charge is 0.481 e. The molecule has 1 heterocycles. The molecule has 2 amide bonds. The molecule has 2 atom stereocenters. The summed E-state index contributed by atoms with van der Waals surface area (Å²) in [5.74, 6) is -4.95. The molecular formula is C17H19F3N2O3. The van der Waals surface area contributed by atoms with Crippen molar-refractivity contribution >= 4 is 12.0 Å². The van der Waals surface area contributed by atoms with Gasteiger partial charge in [0.15, 0.2) is 17.5 Å². The molecule has 2 fully saturated rings. The van der Waals surface area contributed by atoms with Crippen LogP contribution in [-0.2, 0) is 11.2 Å². The van der Waals surface area contributed by atoms with Gasteiger partial charge in [-0.05, 0) is 36.8 Å². The van der Waals surface area contributed by atoms with Crippen molar-refractivity contribution in [2.75, 3.05) is 19.6 Å². The van der Waals surface area contributed by atoms with Crippen LogP contribution in [0.4, 0.5) is 18.0 Å². The van der Waals surface area contributed by atoms with E-state index in [1.807, 2.05) is 0 Å². The Hall–Kier alpha value is -2.25. The highest BCUT2D eigenvalue weighted by molar-refractivity contribution is 5.80. The highest BCUT2D eigenvalue weighted by atomic mass is 19.2. The smallest absolute Gasteiger partial charge is 0.317 e. The molecule has 8 heteroatoms. The van der Waals surface area contributed by atoms with Crippen molar-refractivity contribution in [1.82, 2.24) is 10.2 Å². The summed E-state index contributed by atoms with van der Waals surface area (Å²) < 4.78 is 39.6. The molecule has 0 bridgehead atoms. The van der Waals surface area contributed by atoms with Crippen molar-refractivity contribution in [3.05, 3.63) is 35.1 Å². The molecule has 0 spiro atoms. The van der Waals surface area contributed by atoms with E-state index in [9.17, 15) is 27.9 Å². The lowest BCUT2D eigenvalue weighted by molar-refractivity contribution is -0.149. The topological polar surface area (TPSA) is 69.6 Å². The van der Waals surface area contributed by atoms with Crippen molar-refractivity contribution in [1.29, 1.82) is 0 Å². The first-order valence-corrected chi connectivity index (χ1v) is 8.23. The van der Waals surface area contributed by atoms with Gasteiger partial charge in [0.2, 0.25) is 0 Å².